The summed E-state index contributed by atoms with van der Waals surface area (Å²) in [5, 5.41) is 9.69. The van der Waals surface area contributed by atoms with Gasteiger partial charge in [0.15, 0.2) is 0 Å². The van der Waals surface area contributed by atoms with E-state index in [-0.39, 0.29) is 0 Å². The lowest BCUT2D eigenvalue weighted by atomic mass is 9.95. The minimum absolute atomic E-state index is 0.299. The molecule has 2 aliphatic rings. The maximum absolute atomic E-state index is 11.8. The molecule has 1 unspecified atom stereocenters. The van der Waals surface area contributed by atoms with Crippen LogP contribution in [-0.2, 0) is 23.1 Å². The van der Waals surface area contributed by atoms with E-state index in [0.717, 1.165) is 49.6 Å². The molecule has 134 valence electrons. The lowest BCUT2D eigenvalue weighted by Crippen LogP contribution is -2.61. The summed E-state index contributed by atoms with van der Waals surface area (Å²) in [7, 11) is 2.05. The monoisotopic (exact) mass is 344 g/mol. The second-order valence-corrected chi connectivity index (χ2v) is 6.98. The summed E-state index contributed by atoms with van der Waals surface area (Å²) in [6.07, 6.45) is 0.576. The van der Waals surface area contributed by atoms with E-state index in [1.165, 1.54) is 0 Å². The lowest BCUT2D eigenvalue weighted by molar-refractivity contribution is -0.153. The maximum atomic E-state index is 11.8. The summed E-state index contributed by atoms with van der Waals surface area (Å²) in [6, 6.07) is 8.16. The molecule has 2 aromatic rings. The smallest absolute Gasteiger partial charge is 0.326 e. The largest absolute Gasteiger partial charge is 0.480 e. The van der Waals surface area contributed by atoms with E-state index in [4.69, 9.17) is 9.72 Å². The quantitative estimate of drug-likeness (QED) is 0.890. The number of hydrogen-bond acceptors (Lipinski definition) is 5. The molecule has 1 aromatic heterocycles. The number of ether oxygens (including phenoxy) is 1. The molecule has 25 heavy (non-hydrogen) atoms. The average Bonchev–Trinajstić information content (AvgIpc) is 3.23. The van der Waals surface area contributed by atoms with Gasteiger partial charge in [0.2, 0.25) is 0 Å². The number of carboxylic acids is 1. The van der Waals surface area contributed by atoms with Crippen molar-refractivity contribution >= 4 is 17.0 Å². The van der Waals surface area contributed by atoms with Crippen molar-refractivity contribution < 1.29 is 14.6 Å². The maximum Gasteiger partial charge on any atom is 0.326 e. The third-order valence-electron chi connectivity index (χ3n) is 5.62. The molecule has 0 amide bonds. The Hall–Kier alpha value is -1.96. The van der Waals surface area contributed by atoms with E-state index in [9.17, 15) is 9.90 Å². The molecular weight excluding hydrogens is 320 g/mol. The fraction of sp³-hybridized carbons (Fsp3) is 0.556. The Bertz CT molecular complexity index is 774. The van der Waals surface area contributed by atoms with Gasteiger partial charge in [0.05, 0.1) is 24.2 Å². The first kappa shape index (κ1) is 16.5. The molecule has 0 spiro atoms. The van der Waals surface area contributed by atoms with Gasteiger partial charge in [-0.1, -0.05) is 12.1 Å². The van der Waals surface area contributed by atoms with Crippen LogP contribution < -0.4 is 0 Å². The van der Waals surface area contributed by atoms with E-state index in [0.29, 0.717) is 19.6 Å². The number of carbonyl (C=O) groups is 1. The van der Waals surface area contributed by atoms with Crippen molar-refractivity contribution in [3.05, 3.63) is 30.1 Å². The van der Waals surface area contributed by atoms with Crippen LogP contribution >= 0.6 is 0 Å². The molecule has 0 saturated carbocycles. The van der Waals surface area contributed by atoms with Crippen molar-refractivity contribution in [3.63, 3.8) is 0 Å². The molecule has 2 fully saturated rings. The van der Waals surface area contributed by atoms with Crippen LogP contribution in [0.4, 0.5) is 0 Å². The summed E-state index contributed by atoms with van der Waals surface area (Å²) in [5.74, 6) is 0.292. The lowest BCUT2D eigenvalue weighted by Gasteiger charge is -2.42. The SMILES string of the molecule is Cn1c(CN2CCN(C3(C(=O)O)CCOC3)CC2)nc2ccccc21. The van der Waals surface area contributed by atoms with Crippen LogP contribution in [-0.4, -0.2) is 75.4 Å². The second kappa shape index (κ2) is 6.40. The third-order valence-corrected chi connectivity index (χ3v) is 5.62. The number of para-hydroxylation sites is 2. The molecule has 7 nitrogen and oxygen atoms in total. The number of hydrogen-bond donors (Lipinski definition) is 1. The molecule has 7 heteroatoms. The Balaban J connectivity index is 1.43. The number of aryl methyl sites for hydroxylation is 1. The van der Waals surface area contributed by atoms with Crippen molar-refractivity contribution in [1.29, 1.82) is 0 Å². The van der Waals surface area contributed by atoms with Gasteiger partial charge in [0, 0.05) is 46.3 Å². The van der Waals surface area contributed by atoms with Crippen molar-refractivity contribution in [3.8, 4) is 0 Å². The Kier molecular flexibility index (Phi) is 4.23. The van der Waals surface area contributed by atoms with Crippen LogP contribution in [0.3, 0.4) is 0 Å². The molecule has 3 heterocycles. The fourth-order valence-corrected chi connectivity index (χ4v) is 3.98. The molecule has 0 radical (unpaired) electrons. The van der Waals surface area contributed by atoms with Gasteiger partial charge in [0.25, 0.3) is 0 Å². The van der Waals surface area contributed by atoms with Crippen LogP contribution in [0.15, 0.2) is 24.3 Å². The van der Waals surface area contributed by atoms with E-state index < -0.39 is 11.5 Å². The van der Waals surface area contributed by atoms with Gasteiger partial charge in [-0.2, -0.15) is 0 Å². The van der Waals surface area contributed by atoms with Crippen molar-refractivity contribution in [2.45, 2.75) is 18.5 Å². The van der Waals surface area contributed by atoms with Crippen LogP contribution in [0.2, 0.25) is 0 Å². The highest BCUT2D eigenvalue weighted by atomic mass is 16.5. The molecule has 1 aromatic carbocycles. The highest BCUT2D eigenvalue weighted by molar-refractivity contribution is 5.79. The highest BCUT2D eigenvalue weighted by Crippen LogP contribution is 2.28. The first-order chi connectivity index (χ1) is 12.1. The number of rotatable bonds is 4. The highest BCUT2D eigenvalue weighted by Gasteiger charge is 2.48. The molecule has 4 rings (SSSR count). The zero-order valence-corrected chi connectivity index (χ0v) is 14.5. The molecule has 1 N–H and O–H groups in total. The minimum Gasteiger partial charge on any atom is -0.480 e. The predicted octanol–water partition coefficient (Wildman–Crippen LogP) is 0.935. The molecule has 2 aliphatic heterocycles. The standard InChI is InChI=1S/C18H24N4O3/c1-20-15-5-3-2-4-14(15)19-16(20)12-21-7-9-22(10-8-21)18(17(23)24)6-11-25-13-18/h2-5H,6-13H2,1H3,(H,23,24). The number of piperazine rings is 1. The zero-order chi connectivity index (χ0) is 17.4. The number of benzene rings is 1. The topological polar surface area (TPSA) is 70.8 Å². The normalized spacial score (nSPS) is 25.6. The van der Waals surface area contributed by atoms with E-state index in [1.807, 2.05) is 18.2 Å². The van der Waals surface area contributed by atoms with Crippen LogP contribution in [0.1, 0.15) is 12.2 Å². The van der Waals surface area contributed by atoms with Crippen LogP contribution in [0.5, 0.6) is 0 Å². The summed E-state index contributed by atoms with van der Waals surface area (Å²) < 4.78 is 7.54. The van der Waals surface area contributed by atoms with Gasteiger partial charge in [-0.05, 0) is 12.1 Å². The van der Waals surface area contributed by atoms with E-state index in [1.54, 1.807) is 0 Å². The Labute approximate surface area is 146 Å². The van der Waals surface area contributed by atoms with Gasteiger partial charge in [-0.3, -0.25) is 14.6 Å². The second-order valence-electron chi connectivity index (χ2n) is 6.98. The number of nitrogens with zero attached hydrogens (tertiary/aromatic N) is 4. The number of carboxylic acid groups (broad SMARTS) is 1. The van der Waals surface area contributed by atoms with E-state index in [2.05, 4.69) is 27.5 Å². The number of aliphatic carboxylic acids is 1. The molecule has 1 atom stereocenters. The third kappa shape index (κ3) is 2.82. The summed E-state index contributed by atoms with van der Waals surface area (Å²) in [6.45, 7) is 4.81. The zero-order valence-electron chi connectivity index (χ0n) is 14.5. The Morgan fingerprint density at radius 2 is 2.04 bits per heavy atom. The first-order valence-corrected chi connectivity index (χ1v) is 8.79. The van der Waals surface area contributed by atoms with Gasteiger partial charge < -0.3 is 14.4 Å². The van der Waals surface area contributed by atoms with Crippen molar-refractivity contribution in [1.82, 2.24) is 19.4 Å². The van der Waals surface area contributed by atoms with Gasteiger partial charge in [-0.15, -0.1) is 0 Å². The molecular formula is C18H24N4O3. The molecule has 0 aliphatic carbocycles. The van der Waals surface area contributed by atoms with Gasteiger partial charge >= 0.3 is 5.97 Å². The summed E-state index contributed by atoms with van der Waals surface area (Å²) >= 11 is 0. The summed E-state index contributed by atoms with van der Waals surface area (Å²) in [4.78, 5) is 21.0. The molecule has 0 bridgehead atoms. The number of fused-ring (bicyclic) bond motifs is 1. The Morgan fingerprint density at radius 1 is 1.28 bits per heavy atom. The van der Waals surface area contributed by atoms with Crippen molar-refractivity contribution in [2.24, 2.45) is 7.05 Å². The van der Waals surface area contributed by atoms with Gasteiger partial charge in [0.1, 0.15) is 11.4 Å². The average molecular weight is 344 g/mol. The van der Waals surface area contributed by atoms with Crippen molar-refractivity contribution in [2.75, 3.05) is 39.4 Å². The minimum atomic E-state index is -0.829. The number of imidazole rings is 1. The van der Waals surface area contributed by atoms with Crippen LogP contribution in [0, 0.1) is 0 Å². The summed E-state index contributed by atoms with van der Waals surface area (Å²) in [5.41, 5.74) is 1.33. The van der Waals surface area contributed by atoms with E-state index >= 15 is 0 Å². The Morgan fingerprint density at radius 3 is 2.68 bits per heavy atom. The number of aromatic nitrogens is 2. The van der Waals surface area contributed by atoms with Gasteiger partial charge in [-0.25, -0.2) is 4.98 Å². The predicted molar refractivity (Wildman–Crippen MR) is 93.4 cm³/mol. The molecule has 2 saturated heterocycles. The first-order valence-electron chi connectivity index (χ1n) is 8.79. The fourth-order valence-electron chi connectivity index (χ4n) is 3.98. The van der Waals surface area contributed by atoms with Crippen LogP contribution in [0.25, 0.3) is 11.0 Å².